The molecule has 0 aromatic heterocycles. The van der Waals surface area contributed by atoms with E-state index in [1.807, 2.05) is 0 Å². The van der Waals surface area contributed by atoms with Crippen LogP contribution in [-0.4, -0.2) is 13.0 Å². The van der Waals surface area contributed by atoms with Crippen LogP contribution in [0, 0.1) is 17.5 Å². The molecule has 0 aliphatic carbocycles. The molecule has 0 radical (unpaired) electrons. The Bertz CT molecular complexity index is 433. The SMILES string of the molecule is O=S(=O)([O-])Oc1c(F)cc(F)cc1F. The van der Waals surface area contributed by atoms with Crippen LogP contribution in [0.2, 0.25) is 0 Å². The van der Waals surface area contributed by atoms with E-state index in [4.69, 9.17) is 0 Å². The molecule has 8 heteroatoms. The molecular formula is C6H2F3O4S-. The molecule has 14 heavy (non-hydrogen) atoms. The summed E-state index contributed by atoms with van der Waals surface area (Å²) in [7, 11) is -5.29. The van der Waals surface area contributed by atoms with Gasteiger partial charge in [-0.05, 0) is 0 Å². The molecule has 0 fully saturated rings. The third-order valence-electron chi connectivity index (χ3n) is 1.15. The maximum absolute atomic E-state index is 12.6. The van der Waals surface area contributed by atoms with Crippen LogP contribution in [0.5, 0.6) is 5.75 Å². The summed E-state index contributed by atoms with van der Waals surface area (Å²) in [6.07, 6.45) is 0. The molecule has 1 aromatic carbocycles. The van der Waals surface area contributed by atoms with Gasteiger partial charge in [-0.2, -0.15) is 0 Å². The predicted molar refractivity (Wildman–Crippen MR) is 36.6 cm³/mol. The Kier molecular flexibility index (Phi) is 2.67. The van der Waals surface area contributed by atoms with E-state index in [0.717, 1.165) is 0 Å². The summed E-state index contributed by atoms with van der Waals surface area (Å²) < 4.78 is 70.9. The van der Waals surface area contributed by atoms with Crippen LogP contribution in [0.4, 0.5) is 13.2 Å². The average molecular weight is 227 g/mol. The van der Waals surface area contributed by atoms with E-state index in [1.54, 1.807) is 0 Å². The van der Waals surface area contributed by atoms with Gasteiger partial charge < -0.3 is 8.74 Å². The van der Waals surface area contributed by atoms with Gasteiger partial charge in [-0.25, -0.2) is 21.6 Å². The molecule has 0 spiro atoms. The van der Waals surface area contributed by atoms with Crippen molar-refractivity contribution in [1.29, 1.82) is 0 Å². The van der Waals surface area contributed by atoms with Crippen molar-refractivity contribution in [2.75, 3.05) is 0 Å². The molecule has 1 rings (SSSR count). The van der Waals surface area contributed by atoms with E-state index in [9.17, 15) is 26.1 Å². The molecule has 4 nitrogen and oxygen atoms in total. The van der Waals surface area contributed by atoms with E-state index in [2.05, 4.69) is 4.18 Å². The van der Waals surface area contributed by atoms with Gasteiger partial charge in [-0.3, -0.25) is 0 Å². The lowest BCUT2D eigenvalue weighted by Crippen LogP contribution is -2.10. The van der Waals surface area contributed by atoms with Gasteiger partial charge >= 0.3 is 0 Å². The predicted octanol–water partition coefficient (Wildman–Crippen LogP) is 0.943. The fraction of sp³-hybridized carbons (Fsp3) is 0. The largest absolute Gasteiger partial charge is 0.716 e. The van der Waals surface area contributed by atoms with Crippen molar-refractivity contribution in [3.8, 4) is 5.75 Å². The van der Waals surface area contributed by atoms with Crippen LogP contribution in [-0.2, 0) is 10.4 Å². The molecule has 0 aliphatic rings. The maximum atomic E-state index is 12.6. The standard InChI is InChI=1S/C6H3F3O4S/c7-3-1-4(8)6(5(9)2-3)13-14(10,11)12/h1-2H,(H,10,11,12)/p-1. The summed E-state index contributed by atoms with van der Waals surface area (Å²) in [5, 5.41) is 0. The molecule has 0 unspecified atom stereocenters. The third kappa shape index (κ3) is 2.60. The minimum Gasteiger partial charge on any atom is -0.716 e. The molecule has 78 valence electrons. The second kappa shape index (κ2) is 3.46. The van der Waals surface area contributed by atoms with E-state index < -0.39 is 33.6 Å². The molecule has 1 aromatic rings. The monoisotopic (exact) mass is 227 g/mol. The van der Waals surface area contributed by atoms with Crippen LogP contribution >= 0.6 is 0 Å². The van der Waals surface area contributed by atoms with E-state index in [1.165, 1.54) is 0 Å². The first-order valence-corrected chi connectivity index (χ1v) is 4.43. The summed E-state index contributed by atoms with van der Waals surface area (Å²) in [6.45, 7) is 0. The van der Waals surface area contributed by atoms with Gasteiger partial charge in [0, 0.05) is 12.1 Å². The van der Waals surface area contributed by atoms with Gasteiger partial charge in [-0.1, -0.05) is 0 Å². The zero-order chi connectivity index (χ0) is 10.9. The summed E-state index contributed by atoms with van der Waals surface area (Å²) >= 11 is 0. The van der Waals surface area contributed by atoms with E-state index in [0.29, 0.717) is 0 Å². The van der Waals surface area contributed by atoms with Crippen LogP contribution in [0.15, 0.2) is 12.1 Å². The summed E-state index contributed by atoms with van der Waals surface area (Å²) in [5.74, 6) is -5.92. The minimum absolute atomic E-state index is 0.184. The topological polar surface area (TPSA) is 66.4 Å². The van der Waals surface area contributed by atoms with Gasteiger partial charge in [0.1, 0.15) is 5.82 Å². The Labute approximate surface area is 76.9 Å². The third-order valence-corrected chi connectivity index (χ3v) is 1.52. The van der Waals surface area contributed by atoms with Crippen molar-refractivity contribution in [3.63, 3.8) is 0 Å². The van der Waals surface area contributed by atoms with Crippen LogP contribution in [0.3, 0.4) is 0 Å². The fourth-order valence-corrected chi connectivity index (χ4v) is 1.07. The first-order chi connectivity index (χ1) is 6.29. The molecule has 0 atom stereocenters. The molecule has 0 amide bonds. The zero-order valence-corrected chi connectivity index (χ0v) is 7.15. The maximum Gasteiger partial charge on any atom is 0.262 e. The molecular weight excluding hydrogens is 225 g/mol. The van der Waals surface area contributed by atoms with Crippen molar-refractivity contribution in [1.82, 2.24) is 0 Å². The van der Waals surface area contributed by atoms with E-state index >= 15 is 0 Å². The van der Waals surface area contributed by atoms with Crippen molar-refractivity contribution >= 4 is 10.4 Å². The Balaban J connectivity index is 3.22. The van der Waals surface area contributed by atoms with Crippen molar-refractivity contribution < 1.29 is 30.3 Å². The number of halogens is 3. The number of rotatable bonds is 2. The molecule has 0 bridgehead atoms. The van der Waals surface area contributed by atoms with Gasteiger partial charge in [0.2, 0.25) is 5.75 Å². The first kappa shape index (κ1) is 10.8. The average Bonchev–Trinajstić information content (AvgIpc) is 1.95. The van der Waals surface area contributed by atoms with Gasteiger partial charge in [0.15, 0.2) is 11.6 Å². The normalized spacial score (nSPS) is 11.4. The molecule has 0 saturated heterocycles. The lowest BCUT2D eigenvalue weighted by Gasteiger charge is -2.10. The Morgan fingerprint density at radius 2 is 1.57 bits per heavy atom. The van der Waals surface area contributed by atoms with Crippen molar-refractivity contribution in [3.05, 3.63) is 29.6 Å². The van der Waals surface area contributed by atoms with Gasteiger partial charge in [0.05, 0.1) is 0 Å². The second-order valence-corrected chi connectivity index (χ2v) is 3.17. The summed E-state index contributed by atoms with van der Waals surface area (Å²) in [6, 6.07) is 0.368. The van der Waals surface area contributed by atoms with Gasteiger partial charge in [0.25, 0.3) is 10.4 Å². The highest BCUT2D eigenvalue weighted by Crippen LogP contribution is 2.23. The minimum atomic E-state index is -5.29. The zero-order valence-electron chi connectivity index (χ0n) is 6.33. The molecule has 0 N–H and O–H groups in total. The fourth-order valence-electron chi connectivity index (χ4n) is 0.711. The Morgan fingerprint density at radius 1 is 1.14 bits per heavy atom. The van der Waals surface area contributed by atoms with E-state index in [-0.39, 0.29) is 12.1 Å². The Hall–Kier alpha value is -1.28. The number of hydrogen-bond acceptors (Lipinski definition) is 4. The highest BCUT2D eigenvalue weighted by molar-refractivity contribution is 7.81. The molecule has 0 aliphatic heterocycles. The van der Waals surface area contributed by atoms with Gasteiger partial charge in [-0.15, -0.1) is 0 Å². The number of hydrogen-bond donors (Lipinski definition) is 0. The van der Waals surface area contributed by atoms with Crippen molar-refractivity contribution in [2.45, 2.75) is 0 Å². The van der Waals surface area contributed by atoms with Crippen LogP contribution in [0.1, 0.15) is 0 Å². The molecule has 0 heterocycles. The highest BCUT2D eigenvalue weighted by atomic mass is 32.3. The van der Waals surface area contributed by atoms with Crippen LogP contribution < -0.4 is 4.18 Å². The first-order valence-electron chi connectivity index (χ1n) is 3.09. The summed E-state index contributed by atoms with van der Waals surface area (Å²) in [4.78, 5) is 0. The summed E-state index contributed by atoms with van der Waals surface area (Å²) in [5.41, 5.74) is 0. The van der Waals surface area contributed by atoms with Crippen molar-refractivity contribution in [2.24, 2.45) is 0 Å². The number of benzene rings is 1. The second-order valence-electron chi connectivity index (χ2n) is 2.19. The van der Waals surface area contributed by atoms with Crippen LogP contribution in [0.25, 0.3) is 0 Å². The molecule has 0 saturated carbocycles. The Morgan fingerprint density at radius 3 is 1.93 bits per heavy atom. The lowest BCUT2D eigenvalue weighted by atomic mass is 10.3. The quantitative estimate of drug-likeness (QED) is 0.557. The smallest absolute Gasteiger partial charge is 0.262 e. The highest BCUT2D eigenvalue weighted by Gasteiger charge is 2.15. The lowest BCUT2D eigenvalue weighted by molar-refractivity contribution is 0.351.